The van der Waals surface area contributed by atoms with Crippen molar-refractivity contribution in [2.75, 3.05) is 36.0 Å². The third-order valence-electron chi connectivity index (χ3n) is 3.58. The lowest BCUT2D eigenvalue weighted by Gasteiger charge is -2.24. The first-order valence-electron chi connectivity index (χ1n) is 7.44. The molecule has 106 valence electrons. The Kier molecular flexibility index (Phi) is 6.05. The molecule has 1 heterocycles. The van der Waals surface area contributed by atoms with Gasteiger partial charge in [0.15, 0.2) is 0 Å². The van der Waals surface area contributed by atoms with Crippen LogP contribution in [0.4, 0.5) is 5.69 Å². The van der Waals surface area contributed by atoms with Crippen LogP contribution >= 0.6 is 11.8 Å². The SMILES string of the molecule is CCCNCc1ccc(N2CCCSCC2)c(C)c1. The maximum Gasteiger partial charge on any atom is 0.0396 e. The fourth-order valence-corrected chi connectivity index (χ4v) is 3.47. The Balaban J connectivity index is 2.01. The summed E-state index contributed by atoms with van der Waals surface area (Å²) in [5.74, 6) is 2.58. The van der Waals surface area contributed by atoms with Gasteiger partial charge in [-0.1, -0.05) is 19.1 Å². The molecule has 19 heavy (non-hydrogen) atoms. The summed E-state index contributed by atoms with van der Waals surface area (Å²) in [7, 11) is 0. The summed E-state index contributed by atoms with van der Waals surface area (Å²) in [5, 5.41) is 3.47. The molecule has 0 aromatic heterocycles. The Morgan fingerprint density at radius 3 is 2.95 bits per heavy atom. The Bertz CT molecular complexity index is 384. The van der Waals surface area contributed by atoms with Crippen molar-refractivity contribution in [1.29, 1.82) is 0 Å². The van der Waals surface area contributed by atoms with Crippen LogP contribution in [0.1, 0.15) is 30.9 Å². The molecule has 0 spiro atoms. The molecule has 0 bridgehead atoms. The van der Waals surface area contributed by atoms with Crippen molar-refractivity contribution >= 4 is 17.4 Å². The number of rotatable bonds is 5. The number of anilines is 1. The Labute approximate surface area is 122 Å². The lowest BCUT2D eigenvalue weighted by Crippen LogP contribution is -2.26. The van der Waals surface area contributed by atoms with E-state index in [0.29, 0.717) is 0 Å². The van der Waals surface area contributed by atoms with E-state index < -0.39 is 0 Å². The van der Waals surface area contributed by atoms with Gasteiger partial charge in [-0.15, -0.1) is 0 Å². The number of aryl methyl sites for hydroxylation is 1. The van der Waals surface area contributed by atoms with E-state index in [2.05, 4.69) is 54.0 Å². The minimum absolute atomic E-state index is 0.991. The van der Waals surface area contributed by atoms with Gasteiger partial charge in [0.2, 0.25) is 0 Å². The van der Waals surface area contributed by atoms with E-state index >= 15 is 0 Å². The smallest absolute Gasteiger partial charge is 0.0396 e. The van der Waals surface area contributed by atoms with Crippen LogP contribution in [0.2, 0.25) is 0 Å². The average Bonchev–Trinajstić information content (AvgIpc) is 2.68. The van der Waals surface area contributed by atoms with E-state index in [1.54, 1.807) is 0 Å². The van der Waals surface area contributed by atoms with Crippen molar-refractivity contribution in [3.8, 4) is 0 Å². The van der Waals surface area contributed by atoms with Gasteiger partial charge in [-0.2, -0.15) is 11.8 Å². The Morgan fingerprint density at radius 2 is 2.16 bits per heavy atom. The summed E-state index contributed by atoms with van der Waals surface area (Å²) in [4.78, 5) is 2.55. The molecule has 1 aromatic carbocycles. The van der Waals surface area contributed by atoms with E-state index in [0.717, 1.165) is 13.1 Å². The topological polar surface area (TPSA) is 15.3 Å². The molecule has 0 amide bonds. The third kappa shape index (κ3) is 4.43. The Hall–Kier alpha value is -0.670. The van der Waals surface area contributed by atoms with Crippen molar-refractivity contribution in [3.05, 3.63) is 29.3 Å². The highest BCUT2D eigenvalue weighted by Crippen LogP contribution is 2.24. The van der Waals surface area contributed by atoms with Crippen LogP contribution in [0.3, 0.4) is 0 Å². The van der Waals surface area contributed by atoms with Gasteiger partial charge in [-0.25, -0.2) is 0 Å². The largest absolute Gasteiger partial charge is 0.370 e. The predicted octanol–water partition coefficient (Wildman–Crippen LogP) is 3.44. The van der Waals surface area contributed by atoms with Crippen LogP contribution in [0, 0.1) is 6.92 Å². The lowest BCUT2D eigenvalue weighted by atomic mass is 10.1. The number of thioether (sulfide) groups is 1. The van der Waals surface area contributed by atoms with Crippen LogP contribution in [0.25, 0.3) is 0 Å². The number of nitrogens with one attached hydrogen (secondary N) is 1. The fourth-order valence-electron chi connectivity index (χ4n) is 2.58. The van der Waals surface area contributed by atoms with Crippen molar-refractivity contribution in [1.82, 2.24) is 5.32 Å². The lowest BCUT2D eigenvalue weighted by molar-refractivity contribution is 0.675. The zero-order chi connectivity index (χ0) is 13.5. The van der Waals surface area contributed by atoms with Gasteiger partial charge < -0.3 is 10.2 Å². The molecule has 0 unspecified atom stereocenters. The maximum atomic E-state index is 3.47. The molecule has 1 fully saturated rings. The number of hydrogen-bond donors (Lipinski definition) is 1. The molecular weight excluding hydrogens is 252 g/mol. The van der Waals surface area contributed by atoms with E-state index in [9.17, 15) is 0 Å². The molecule has 1 aliphatic heterocycles. The molecule has 0 atom stereocenters. The van der Waals surface area contributed by atoms with E-state index in [1.807, 2.05) is 0 Å². The number of hydrogen-bond acceptors (Lipinski definition) is 3. The molecule has 0 radical (unpaired) electrons. The first kappa shape index (κ1) is 14.7. The summed E-state index contributed by atoms with van der Waals surface area (Å²) >= 11 is 2.09. The molecule has 0 aliphatic carbocycles. The average molecular weight is 278 g/mol. The molecule has 3 heteroatoms. The first-order valence-corrected chi connectivity index (χ1v) is 8.59. The standard InChI is InChI=1S/C16H26N2S/c1-3-7-17-13-15-5-6-16(14(2)12-15)18-8-4-10-19-11-9-18/h5-6,12,17H,3-4,7-11,13H2,1-2H3. The molecule has 2 rings (SSSR count). The van der Waals surface area contributed by atoms with Gasteiger partial charge in [0.25, 0.3) is 0 Å². The number of benzene rings is 1. The molecular formula is C16H26N2S. The van der Waals surface area contributed by atoms with Crippen LogP contribution in [0.5, 0.6) is 0 Å². The van der Waals surface area contributed by atoms with Gasteiger partial charge in [0.05, 0.1) is 0 Å². The molecule has 1 aromatic rings. The highest BCUT2D eigenvalue weighted by Gasteiger charge is 2.12. The number of nitrogens with zero attached hydrogens (tertiary/aromatic N) is 1. The van der Waals surface area contributed by atoms with Gasteiger partial charge >= 0.3 is 0 Å². The first-order chi connectivity index (χ1) is 9.31. The van der Waals surface area contributed by atoms with Crippen molar-refractivity contribution in [3.63, 3.8) is 0 Å². The fraction of sp³-hybridized carbons (Fsp3) is 0.625. The quantitative estimate of drug-likeness (QED) is 0.831. The normalized spacial score (nSPS) is 16.4. The summed E-state index contributed by atoms with van der Waals surface area (Å²) < 4.78 is 0. The van der Waals surface area contributed by atoms with Gasteiger partial charge in [-0.05, 0) is 49.3 Å². The van der Waals surface area contributed by atoms with Gasteiger partial charge in [0.1, 0.15) is 0 Å². The molecule has 1 saturated heterocycles. The monoisotopic (exact) mass is 278 g/mol. The van der Waals surface area contributed by atoms with Crippen LogP contribution in [0.15, 0.2) is 18.2 Å². The molecule has 1 N–H and O–H groups in total. The highest BCUT2D eigenvalue weighted by atomic mass is 32.2. The Morgan fingerprint density at radius 1 is 1.26 bits per heavy atom. The van der Waals surface area contributed by atoms with E-state index in [1.165, 1.54) is 54.3 Å². The maximum absolute atomic E-state index is 3.47. The minimum Gasteiger partial charge on any atom is -0.370 e. The zero-order valence-corrected chi connectivity index (χ0v) is 13.1. The predicted molar refractivity (Wildman–Crippen MR) is 87.3 cm³/mol. The second-order valence-corrected chi connectivity index (χ2v) is 6.48. The van der Waals surface area contributed by atoms with Crippen molar-refractivity contribution < 1.29 is 0 Å². The van der Waals surface area contributed by atoms with Crippen LogP contribution in [-0.2, 0) is 6.54 Å². The summed E-state index contributed by atoms with van der Waals surface area (Å²) in [6.45, 7) is 8.95. The zero-order valence-electron chi connectivity index (χ0n) is 12.2. The molecule has 0 saturated carbocycles. The van der Waals surface area contributed by atoms with Gasteiger partial charge in [0, 0.05) is 31.1 Å². The second kappa shape index (κ2) is 7.81. The highest BCUT2D eigenvalue weighted by molar-refractivity contribution is 7.99. The van der Waals surface area contributed by atoms with Crippen LogP contribution in [-0.4, -0.2) is 31.1 Å². The van der Waals surface area contributed by atoms with Crippen molar-refractivity contribution in [2.24, 2.45) is 0 Å². The van der Waals surface area contributed by atoms with Crippen molar-refractivity contribution in [2.45, 2.75) is 33.2 Å². The molecule has 2 nitrogen and oxygen atoms in total. The second-order valence-electron chi connectivity index (χ2n) is 5.25. The van der Waals surface area contributed by atoms with E-state index in [4.69, 9.17) is 0 Å². The minimum atomic E-state index is 0.991. The molecule has 1 aliphatic rings. The summed E-state index contributed by atoms with van der Waals surface area (Å²) in [6, 6.07) is 6.94. The van der Waals surface area contributed by atoms with Gasteiger partial charge in [-0.3, -0.25) is 0 Å². The van der Waals surface area contributed by atoms with Crippen LogP contribution < -0.4 is 10.2 Å². The third-order valence-corrected chi connectivity index (χ3v) is 4.63. The summed E-state index contributed by atoms with van der Waals surface area (Å²) in [6.07, 6.45) is 2.51. The summed E-state index contributed by atoms with van der Waals surface area (Å²) in [5.41, 5.74) is 4.25. The van der Waals surface area contributed by atoms with E-state index in [-0.39, 0.29) is 0 Å².